The Labute approximate surface area is 198 Å². The number of hydrogen-bond donors (Lipinski definition) is 4. The molecule has 3 aromatic rings. The third kappa shape index (κ3) is 4.82. The number of amidine groups is 1. The number of rotatable bonds is 8. The average Bonchev–Trinajstić information content (AvgIpc) is 3.17. The first-order valence-electron chi connectivity index (χ1n) is 10.7. The van der Waals surface area contributed by atoms with E-state index in [0.29, 0.717) is 35.5 Å². The van der Waals surface area contributed by atoms with Gasteiger partial charge in [-0.05, 0) is 65.2 Å². The number of hydrogen-bond acceptors (Lipinski definition) is 7. The molecule has 10 heteroatoms. The molecule has 0 aliphatic carbocycles. The van der Waals surface area contributed by atoms with Crippen LogP contribution in [0.5, 0.6) is 5.75 Å². The zero-order valence-electron chi connectivity index (χ0n) is 18.7. The number of nitrogen functional groups attached to an aromatic ring is 2. The fraction of sp³-hybridized carbons (Fsp3) is 0.250. The molecule has 0 radical (unpaired) electrons. The molecule has 0 saturated carbocycles. The fourth-order valence-corrected chi connectivity index (χ4v) is 5.19. The Morgan fingerprint density at radius 2 is 1.91 bits per heavy atom. The molecular formula is C24H27N5O4S. The van der Waals surface area contributed by atoms with Gasteiger partial charge in [0.1, 0.15) is 17.5 Å². The van der Waals surface area contributed by atoms with Crippen molar-refractivity contribution in [2.24, 2.45) is 5.73 Å². The molecule has 34 heavy (non-hydrogen) atoms. The molecule has 1 amide bonds. The van der Waals surface area contributed by atoms with Crippen molar-refractivity contribution in [3.05, 3.63) is 65.7 Å². The van der Waals surface area contributed by atoms with Crippen molar-refractivity contribution >= 4 is 38.0 Å². The van der Waals surface area contributed by atoms with Crippen molar-refractivity contribution in [3.63, 3.8) is 0 Å². The lowest BCUT2D eigenvalue weighted by atomic mass is 10.1. The molecule has 0 aromatic heterocycles. The summed E-state index contributed by atoms with van der Waals surface area (Å²) in [5.41, 5.74) is 13.3. The van der Waals surface area contributed by atoms with Crippen molar-refractivity contribution in [1.82, 2.24) is 10.2 Å². The molecule has 1 fully saturated rings. The van der Waals surface area contributed by atoms with Crippen LogP contribution < -0.4 is 21.5 Å². The van der Waals surface area contributed by atoms with Gasteiger partial charge in [-0.2, -0.15) is 0 Å². The first-order chi connectivity index (χ1) is 16.2. The van der Waals surface area contributed by atoms with Crippen LogP contribution in [-0.2, 0) is 21.2 Å². The number of benzene rings is 3. The molecule has 0 bridgehead atoms. The largest absolute Gasteiger partial charge is 0.497 e. The van der Waals surface area contributed by atoms with Crippen molar-refractivity contribution in [3.8, 4) is 5.75 Å². The molecule has 1 heterocycles. The summed E-state index contributed by atoms with van der Waals surface area (Å²) < 4.78 is 31.1. The van der Waals surface area contributed by atoms with E-state index in [0.717, 1.165) is 10.8 Å². The predicted molar refractivity (Wildman–Crippen MR) is 131 cm³/mol. The van der Waals surface area contributed by atoms with Crippen LogP contribution in [-0.4, -0.2) is 50.6 Å². The van der Waals surface area contributed by atoms with E-state index in [2.05, 4.69) is 5.32 Å². The van der Waals surface area contributed by atoms with Gasteiger partial charge in [-0.15, -0.1) is 0 Å². The molecule has 1 saturated heterocycles. The van der Waals surface area contributed by atoms with Crippen LogP contribution in [0.15, 0.2) is 59.5 Å². The Morgan fingerprint density at radius 1 is 1.15 bits per heavy atom. The molecule has 1 atom stereocenters. The summed E-state index contributed by atoms with van der Waals surface area (Å²) in [4.78, 5) is 14.7. The van der Waals surface area contributed by atoms with Crippen molar-refractivity contribution < 1.29 is 17.9 Å². The number of nitrogens with one attached hydrogen (secondary N) is 2. The first kappa shape index (κ1) is 23.5. The van der Waals surface area contributed by atoms with Gasteiger partial charge in [0, 0.05) is 24.3 Å². The van der Waals surface area contributed by atoms with E-state index in [-0.39, 0.29) is 29.1 Å². The summed E-state index contributed by atoms with van der Waals surface area (Å²) in [7, 11) is -2.10. The summed E-state index contributed by atoms with van der Waals surface area (Å²) >= 11 is 0. The van der Waals surface area contributed by atoms with E-state index in [9.17, 15) is 13.2 Å². The van der Waals surface area contributed by atoms with Crippen LogP contribution >= 0.6 is 0 Å². The second-order valence-electron chi connectivity index (χ2n) is 8.27. The Hall–Kier alpha value is -3.63. The number of ether oxygens (including phenoxy) is 1. The van der Waals surface area contributed by atoms with Crippen LogP contribution in [0.4, 0.5) is 5.69 Å². The topological polar surface area (TPSA) is 152 Å². The summed E-state index contributed by atoms with van der Waals surface area (Å²) in [6.07, 6.45) is 0.482. The Morgan fingerprint density at radius 3 is 2.65 bits per heavy atom. The lowest BCUT2D eigenvalue weighted by Gasteiger charge is -2.19. The van der Waals surface area contributed by atoms with Crippen LogP contribution in [0.25, 0.3) is 10.8 Å². The van der Waals surface area contributed by atoms with Gasteiger partial charge in [0.2, 0.25) is 5.91 Å². The molecule has 0 spiro atoms. The van der Waals surface area contributed by atoms with E-state index < -0.39 is 15.9 Å². The number of nitrogens with two attached hydrogens (primary N) is 2. The summed E-state index contributed by atoms with van der Waals surface area (Å²) in [5.74, 6) is 0.0255. The van der Waals surface area contributed by atoms with Gasteiger partial charge in [-0.25, -0.2) is 8.42 Å². The Kier molecular flexibility index (Phi) is 6.45. The van der Waals surface area contributed by atoms with Gasteiger partial charge >= 0.3 is 0 Å². The predicted octanol–water partition coefficient (Wildman–Crippen LogP) is 1.84. The molecular weight excluding hydrogens is 454 g/mol. The van der Waals surface area contributed by atoms with E-state index in [4.69, 9.17) is 21.6 Å². The lowest BCUT2D eigenvalue weighted by molar-refractivity contribution is -0.129. The first-order valence-corrected chi connectivity index (χ1v) is 12.4. The number of carbonyl (C=O) groups excluding carboxylic acids is 1. The number of likely N-dealkylation sites (tertiary alicyclic amines) is 1. The molecule has 0 unspecified atom stereocenters. The van der Waals surface area contributed by atoms with Gasteiger partial charge in [0.05, 0.1) is 18.0 Å². The van der Waals surface area contributed by atoms with Crippen molar-refractivity contribution in [2.45, 2.75) is 23.9 Å². The summed E-state index contributed by atoms with van der Waals surface area (Å²) in [6, 6.07) is 14.8. The van der Waals surface area contributed by atoms with Gasteiger partial charge in [0.15, 0.2) is 9.84 Å². The van der Waals surface area contributed by atoms with E-state index in [1.807, 2.05) is 12.1 Å². The highest BCUT2D eigenvalue weighted by atomic mass is 32.2. The quantitative estimate of drug-likeness (QED) is 0.218. The second-order valence-corrected chi connectivity index (χ2v) is 10.3. The number of methoxy groups -OCH3 is 1. The third-order valence-corrected chi connectivity index (χ3v) is 7.53. The lowest BCUT2D eigenvalue weighted by Crippen LogP contribution is -2.40. The number of fused-ring (bicyclic) bond motifs is 1. The molecule has 3 aromatic carbocycles. The molecule has 6 N–H and O–H groups in total. The zero-order valence-corrected chi connectivity index (χ0v) is 19.6. The number of nitrogens with zero attached hydrogens (tertiary/aromatic N) is 1. The van der Waals surface area contributed by atoms with Gasteiger partial charge in [-0.3, -0.25) is 15.5 Å². The maximum Gasteiger partial charge on any atom is 0.240 e. The van der Waals surface area contributed by atoms with Gasteiger partial charge in [-0.1, -0.05) is 12.1 Å². The smallest absolute Gasteiger partial charge is 0.240 e. The monoisotopic (exact) mass is 481 g/mol. The second kappa shape index (κ2) is 9.32. The Balaban J connectivity index is 1.43. The molecule has 1 aliphatic heterocycles. The van der Waals surface area contributed by atoms with Crippen LogP contribution in [0.1, 0.15) is 17.5 Å². The van der Waals surface area contributed by atoms with Crippen LogP contribution in [0, 0.1) is 5.41 Å². The number of amides is 1. The maximum atomic E-state index is 12.9. The standard InChI is InChI=1S/C24H27N5O4S/c1-33-19-5-2-15-3-6-20(12-17(15)11-19)34(31,32)14-28-22-8-9-29(24(22)30)13-18-10-16(23(26)27)4-7-21(18)25/h2-7,10-12,22,28H,8-9,13-14,25H2,1H3,(H3,26,27)/t22-/m0/s1. The molecule has 9 nitrogen and oxygen atoms in total. The summed E-state index contributed by atoms with van der Waals surface area (Å²) in [6.45, 7) is 0.735. The normalized spacial score (nSPS) is 16.2. The van der Waals surface area contributed by atoms with Crippen LogP contribution in [0.3, 0.4) is 0 Å². The minimum atomic E-state index is -3.66. The Bertz CT molecular complexity index is 1370. The molecule has 1 aliphatic rings. The minimum absolute atomic E-state index is 0.0779. The number of anilines is 1. The highest BCUT2D eigenvalue weighted by Gasteiger charge is 2.32. The third-order valence-electron chi connectivity index (χ3n) is 6.01. The number of carbonyl (C=O) groups is 1. The van der Waals surface area contributed by atoms with Crippen LogP contribution in [0.2, 0.25) is 0 Å². The highest BCUT2D eigenvalue weighted by molar-refractivity contribution is 7.91. The molecule has 4 rings (SSSR count). The highest BCUT2D eigenvalue weighted by Crippen LogP contribution is 2.25. The minimum Gasteiger partial charge on any atom is -0.497 e. The average molecular weight is 482 g/mol. The molecule has 178 valence electrons. The van der Waals surface area contributed by atoms with E-state index in [1.165, 1.54) is 0 Å². The summed E-state index contributed by atoms with van der Waals surface area (Å²) in [5, 5.41) is 12.2. The number of sulfone groups is 1. The van der Waals surface area contributed by atoms with Gasteiger partial charge in [0.25, 0.3) is 0 Å². The zero-order chi connectivity index (χ0) is 24.5. The van der Waals surface area contributed by atoms with E-state index in [1.54, 1.807) is 54.5 Å². The van der Waals surface area contributed by atoms with Crippen molar-refractivity contribution in [2.75, 3.05) is 25.3 Å². The fourth-order valence-electron chi connectivity index (χ4n) is 4.02. The maximum absolute atomic E-state index is 12.9. The van der Waals surface area contributed by atoms with E-state index >= 15 is 0 Å². The SMILES string of the molecule is COc1ccc2ccc(S(=O)(=O)CN[C@H]3CCN(Cc4cc(C(=N)N)ccc4N)C3=O)cc2c1. The van der Waals surface area contributed by atoms with Crippen molar-refractivity contribution in [1.29, 1.82) is 5.41 Å². The van der Waals surface area contributed by atoms with Gasteiger partial charge < -0.3 is 21.1 Å².